The highest BCUT2D eigenvalue weighted by Gasteiger charge is 2.22. The van der Waals surface area contributed by atoms with Crippen LogP contribution in [0.25, 0.3) is 11.1 Å². The number of hydrogen-bond acceptors (Lipinski definition) is 2. The van der Waals surface area contributed by atoms with Crippen molar-refractivity contribution >= 4 is 5.91 Å². The predicted octanol–water partition coefficient (Wildman–Crippen LogP) is 4.45. The van der Waals surface area contributed by atoms with Crippen LogP contribution in [0.2, 0.25) is 0 Å². The monoisotopic (exact) mass is 374 g/mol. The number of nitrogens with zero attached hydrogens (tertiary/aromatic N) is 2. The van der Waals surface area contributed by atoms with Crippen LogP contribution in [-0.2, 0) is 6.54 Å². The number of piperazine rings is 1. The van der Waals surface area contributed by atoms with E-state index >= 15 is 0 Å². The topological polar surface area (TPSA) is 23.6 Å². The van der Waals surface area contributed by atoms with E-state index in [9.17, 15) is 9.18 Å². The lowest BCUT2D eigenvalue weighted by molar-refractivity contribution is 0.0628. The normalized spacial score (nSPS) is 14.8. The zero-order valence-electron chi connectivity index (χ0n) is 15.7. The van der Waals surface area contributed by atoms with Crippen LogP contribution in [0.5, 0.6) is 0 Å². The Kier molecular flexibility index (Phi) is 5.49. The van der Waals surface area contributed by atoms with Crippen LogP contribution < -0.4 is 0 Å². The first-order valence-electron chi connectivity index (χ1n) is 9.62. The van der Waals surface area contributed by atoms with E-state index < -0.39 is 0 Å². The van der Waals surface area contributed by atoms with Gasteiger partial charge in [0.2, 0.25) is 0 Å². The molecule has 0 saturated carbocycles. The van der Waals surface area contributed by atoms with E-state index in [1.54, 1.807) is 6.07 Å². The van der Waals surface area contributed by atoms with Crippen molar-refractivity contribution in [2.24, 2.45) is 0 Å². The van der Waals surface area contributed by atoms with Crippen molar-refractivity contribution in [2.45, 2.75) is 6.54 Å². The van der Waals surface area contributed by atoms with Crippen molar-refractivity contribution in [2.75, 3.05) is 26.2 Å². The zero-order chi connectivity index (χ0) is 19.3. The van der Waals surface area contributed by atoms with Crippen molar-refractivity contribution in [3.8, 4) is 11.1 Å². The van der Waals surface area contributed by atoms with Crippen LogP contribution in [0.3, 0.4) is 0 Å². The molecule has 4 heteroatoms. The van der Waals surface area contributed by atoms with Crippen LogP contribution in [0.15, 0.2) is 78.9 Å². The summed E-state index contributed by atoms with van der Waals surface area (Å²) < 4.78 is 14.3. The Morgan fingerprint density at radius 3 is 2.07 bits per heavy atom. The fourth-order valence-electron chi connectivity index (χ4n) is 3.71. The highest BCUT2D eigenvalue weighted by atomic mass is 19.1. The van der Waals surface area contributed by atoms with Crippen molar-refractivity contribution < 1.29 is 9.18 Å². The zero-order valence-corrected chi connectivity index (χ0v) is 15.7. The molecule has 1 aliphatic rings. The molecule has 0 aliphatic carbocycles. The van der Waals surface area contributed by atoms with E-state index in [4.69, 9.17) is 0 Å². The summed E-state index contributed by atoms with van der Waals surface area (Å²) in [7, 11) is 0. The molecule has 1 aliphatic heterocycles. The van der Waals surface area contributed by atoms with Gasteiger partial charge in [-0.25, -0.2) is 4.39 Å². The van der Waals surface area contributed by atoms with Gasteiger partial charge in [0, 0.05) is 43.9 Å². The molecule has 3 nitrogen and oxygen atoms in total. The predicted molar refractivity (Wildman–Crippen MR) is 109 cm³/mol. The van der Waals surface area contributed by atoms with E-state index in [1.807, 2.05) is 65.6 Å². The molecule has 28 heavy (non-hydrogen) atoms. The van der Waals surface area contributed by atoms with Crippen molar-refractivity contribution in [3.05, 3.63) is 95.8 Å². The number of halogens is 1. The molecular formula is C24H23FN2O. The van der Waals surface area contributed by atoms with E-state index in [-0.39, 0.29) is 11.7 Å². The number of carbonyl (C=O) groups is 1. The fourth-order valence-corrected chi connectivity index (χ4v) is 3.71. The van der Waals surface area contributed by atoms with E-state index in [1.165, 1.54) is 6.07 Å². The third kappa shape index (κ3) is 3.97. The molecule has 0 N–H and O–H groups in total. The van der Waals surface area contributed by atoms with Crippen molar-refractivity contribution in [1.82, 2.24) is 9.80 Å². The summed E-state index contributed by atoms with van der Waals surface area (Å²) in [5.74, 6) is -0.111. The molecule has 0 spiro atoms. The SMILES string of the molecule is O=C(c1ccccc1)N1CCN(Cc2ccccc2-c2ccccc2F)CC1. The summed E-state index contributed by atoms with van der Waals surface area (Å²) in [6.07, 6.45) is 0. The van der Waals surface area contributed by atoms with Gasteiger partial charge < -0.3 is 4.90 Å². The molecule has 0 unspecified atom stereocenters. The Morgan fingerprint density at radius 1 is 0.750 bits per heavy atom. The molecule has 1 fully saturated rings. The van der Waals surface area contributed by atoms with Gasteiger partial charge >= 0.3 is 0 Å². The van der Waals surface area contributed by atoms with Gasteiger partial charge in [0.1, 0.15) is 5.82 Å². The summed E-state index contributed by atoms with van der Waals surface area (Å²) in [4.78, 5) is 16.8. The standard InChI is InChI=1S/C24H23FN2O/c25-23-13-7-6-12-22(23)21-11-5-4-10-20(21)18-26-14-16-27(17-15-26)24(28)19-8-2-1-3-9-19/h1-13H,14-18H2. The van der Waals surface area contributed by atoms with Gasteiger partial charge in [-0.1, -0.05) is 60.7 Å². The number of benzene rings is 3. The van der Waals surface area contributed by atoms with Crippen LogP contribution in [0.4, 0.5) is 4.39 Å². The molecule has 0 aromatic heterocycles. The Morgan fingerprint density at radius 2 is 1.36 bits per heavy atom. The second-order valence-electron chi connectivity index (χ2n) is 7.07. The third-order valence-corrected chi connectivity index (χ3v) is 5.26. The van der Waals surface area contributed by atoms with Gasteiger partial charge in [-0.15, -0.1) is 0 Å². The molecule has 3 aromatic carbocycles. The molecular weight excluding hydrogens is 351 g/mol. The fraction of sp³-hybridized carbons (Fsp3) is 0.208. The van der Waals surface area contributed by atoms with E-state index in [0.717, 1.165) is 36.3 Å². The number of hydrogen-bond donors (Lipinski definition) is 0. The molecule has 0 bridgehead atoms. The Balaban J connectivity index is 1.44. The number of rotatable bonds is 4. The summed E-state index contributed by atoms with van der Waals surface area (Å²) in [6.45, 7) is 3.78. The van der Waals surface area contributed by atoms with Crippen LogP contribution >= 0.6 is 0 Å². The highest BCUT2D eigenvalue weighted by Crippen LogP contribution is 2.27. The molecule has 4 rings (SSSR count). The summed E-state index contributed by atoms with van der Waals surface area (Å²) in [5, 5.41) is 0. The molecule has 1 amide bonds. The maximum atomic E-state index is 14.3. The van der Waals surface area contributed by atoms with Gasteiger partial charge in [0.05, 0.1) is 0 Å². The smallest absolute Gasteiger partial charge is 0.253 e. The average molecular weight is 374 g/mol. The summed E-state index contributed by atoms with van der Waals surface area (Å²) >= 11 is 0. The lowest BCUT2D eigenvalue weighted by Crippen LogP contribution is -2.48. The number of amides is 1. The molecule has 3 aromatic rings. The number of carbonyl (C=O) groups excluding carboxylic acids is 1. The van der Waals surface area contributed by atoms with E-state index in [2.05, 4.69) is 11.0 Å². The van der Waals surface area contributed by atoms with Crippen LogP contribution in [0.1, 0.15) is 15.9 Å². The first-order chi connectivity index (χ1) is 13.7. The van der Waals surface area contributed by atoms with Gasteiger partial charge in [-0.3, -0.25) is 9.69 Å². The Bertz CT molecular complexity index is 950. The van der Waals surface area contributed by atoms with Gasteiger partial charge in [-0.2, -0.15) is 0 Å². The van der Waals surface area contributed by atoms with Gasteiger partial charge in [-0.05, 0) is 29.3 Å². The van der Waals surface area contributed by atoms with Gasteiger partial charge in [0.25, 0.3) is 5.91 Å². The van der Waals surface area contributed by atoms with Crippen molar-refractivity contribution in [1.29, 1.82) is 0 Å². The highest BCUT2D eigenvalue weighted by molar-refractivity contribution is 5.94. The molecule has 142 valence electrons. The minimum absolute atomic E-state index is 0.0898. The van der Waals surface area contributed by atoms with Crippen LogP contribution in [-0.4, -0.2) is 41.9 Å². The summed E-state index contributed by atoms with van der Waals surface area (Å²) in [6, 6.07) is 24.3. The second-order valence-corrected chi connectivity index (χ2v) is 7.07. The lowest BCUT2D eigenvalue weighted by Gasteiger charge is -2.35. The molecule has 1 saturated heterocycles. The Hall–Kier alpha value is -2.98. The first kappa shape index (κ1) is 18.4. The minimum Gasteiger partial charge on any atom is -0.336 e. The Labute approximate surface area is 165 Å². The average Bonchev–Trinajstić information content (AvgIpc) is 2.75. The first-order valence-corrected chi connectivity index (χ1v) is 9.62. The molecule has 0 atom stereocenters. The third-order valence-electron chi connectivity index (χ3n) is 5.26. The van der Waals surface area contributed by atoms with Crippen LogP contribution in [0, 0.1) is 5.82 Å². The van der Waals surface area contributed by atoms with Gasteiger partial charge in [0.15, 0.2) is 0 Å². The largest absolute Gasteiger partial charge is 0.336 e. The molecule has 0 radical (unpaired) electrons. The maximum absolute atomic E-state index is 14.3. The maximum Gasteiger partial charge on any atom is 0.253 e. The summed E-state index contributed by atoms with van der Waals surface area (Å²) in [5.41, 5.74) is 3.41. The van der Waals surface area contributed by atoms with Crippen molar-refractivity contribution in [3.63, 3.8) is 0 Å². The lowest BCUT2D eigenvalue weighted by atomic mass is 9.98. The minimum atomic E-state index is -0.201. The molecule has 1 heterocycles. The van der Waals surface area contributed by atoms with E-state index in [0.29, 0.717) is 18.7 Å². The second kappa shape index (κ2) is 8.36. The quantitative estimate of drug-likeness (QED) is 0.674.